The van der Waals surface area contributed by atoms with E-state index in [-0.39, 0.29) is 17.7 Å². The van der Waals surface area contributed by atoms with Crippen molar-refractivity contribution in [2.75, 3.05) is 13.2 Å². The second-order valence-electron chi connectivity index (χ2n) is 12.4. The third-order valence-electron chi connectivity index (χ3n) is 8.99. The summed E-state index contributed by atoms with van der Waals surface area (Å²) in [5.74, 6) is 2.19. The molecular formula is C29H50O4Si. The zero-order chi connectivity index (χ0) is 24.9. The van der Waals surface area contributed by atoms with Crippen LogP contribution < -0.4 is 0 Å². The Labute approximate surface area is 209 Å². The average molecular weight is 491 g/mol. The first kappa shape index (κ1) is 27.7. The van der Waals surface area contributed by atoms with Crippen LogP contribution in [-0.2, 0) is 22.0 Å². The van der Waals surface area contributed by atoms with E-state index < -0.39 is 8.32 Å². The number of aromatic hydroxyl groups is 1. The number of benzene rings is 1. The second-order valence-corrected chi connectivity index (χ2v) is 17.1. The lowest BCUT2D eigenvalue weighted by Gasteiger charge is -2.40. The van der Waals surface area contributed by atoms with Crippen LogP contribution >= 0.6 is 0 Å². The number of aliphatic hydroxyl groups is 1. The van der Waals surface area contributed by atoms with E-state index in [1.165, 1.54) is 30.4 Å². The van der Waals surface area contributed by atoms with Gasteiger partial charge in [-0.3, -0.25) is 0 Å². The minimum absolute atomic E-state index is 0.0930. The van der Waals surface area contributed by atoms with Crippen molar-refractivity contribution in [3.05, 3.63) is 29.3 Å². The van der Waals surface area contributed by atoms with Crippen molar-refractivity contribution in [1.29, 1.82) is 0 Å². The van der Waals surface area contributed by atoms with Crippen LogP contribution in [0.2, 0.25) is 18.1 Å². The molecule has 0 aromatic heterocycles. The number of ether oxygens (including phenoxy) is 1. The van der Waals surface area contributed by atoms with Crippen molar-refractivity contribution in [3.8, 4) is 5.75 Å². The lowest BCUT2D eigenvalue weighted by molar-refractivity contribution is 0.00920. The molecule has 1 saturated carbocycles. The smallest absolute Gasteiger partial charge is 0.192 e. The van der Waals surface area contributed by atoms with Gasteiger partial charge in [0.15, 0.2) is 8.32 Å². The summed E-state index contributed by atoms with van der Waals surface area (Å²) in [7, 11) is -1.88. The molecule has 3 rings (SSSR count). The molecule has 0 spiro atoms. The molecule has 5 atom stereocenters. The average Bonchev–Trinajstić information content (AvgIpc) is 3.09. The first-order valence-corrected chi connectivity index (χ1v) is 16.7. The van der Waals surface area contributed by atoms with Gasteiger partial charge in [-0.05, 0) is 91.6 Å². The molecule has 0 bridgehead atoms. The Bertz CT molecular complexity index is 772. The van der Waals surface area contributed by atoms with Crippen LogP contribution in [0.25, 0.3) is 0 Å². The van der Waals surface area contributed by atoms with Crippen LogP contribution in [0.4, 0.5) is 0 Å². The maximum Gasteiger partial charge on any atom is 0.192 e. The topological polar surface area (TPSA) is 58.9 Å². The molecule has 1 aromatic carbocycles. The molecule has 34 heavy (non-hydrogen) atoms. The lowest BCUT2D eigenvalue weighted by Crippen LogP contribution is -2.45. The normalized spacial score (nSPS) is 25.7. The first-order valence-electron chi connectivity index (χ1n) is 13.8. The third kappa shape index (κ3) is 6.66. The molecule has 2 N–H and O–H groups in total. The largest absolute Gasteiger partial charge is 0.508 e. The van der Waals surface area contributed by atoms with E-state index in [9.17, 15) is 10.2 Å². The predicted octanol–water partition coefficient (Wildman–Crippen LogP) is 6.87. The van der Waals surface area contributed by atoms with Crippen LogP contribution in [0, 0.1) is 17.8 Å². The molecule has 0 saturated heterocycles. The van der Waals surface area contributed by atoms with Gasteiger partial charge < -0.3 is 19.4 Å². The summed E-state index contributed by atoms with van der Waals surface area (Å²) in [5.41, 5.74) is 2.49. The monoisotopic (exact) mass is 490 g/mol. The zero-order valence-electron chi connectivity index (χ0n) is 22.6. The van der Waals surface area contributed by atoms with Crippen LogP contribution in [0.15, 0.2) is 18.2 Å². The maximum atomic E-state index is 10.5. The molecular weight excluding hydrogens is 440 g/mol. The van der Waals surface area contributed by atoms with Gasteiger partial charge in [0, 0.05) is 6.10 Å². The molecule has 0 unspecified atom stereocenters. The van der Waals surface area contributed by atoms with Gasteiger partial charge >= 0.3 is 0 Å². The summed E-state index contributed by atoms with van der Waals surface area (Å²) < 4.78 is 13.2. The summed E-state index contributed by atoms with van der Waals surface area (Å²) in [5, 5.41) is 20.0. The summed E-state index contributed by atoms with van der Waals surface area (Å²) in [6.07, 6.45) is 10.5. The number of fused-ring (bicyclic) bond motifs is 2. The fourth-order valence-corrected chi connectivity index (χ4v) is 7.39. The highest BCUT2D eigenvalue weighted by atomic mass is 28.4. The Balaban J connectivity index is 1.78. The van der Waals surface area contributed by atoms with Crippen molar-refractivity contribution in [3.63, 3.8) is 0 Å². The van der Waals surface area contributed by atoms with E-state index in [0.29, 0.717) is 36.2 Å². The first-order chi connectivity index (χ1) is 16.1. The van der Waals surface area contributed by atoms with E-state index in [1.807, 2.05) is 12.1 Å². The lowest BCUT2D eigenvalue weighted by atomic mass is 9.73. The maximum absolute atomic E-state index is 10.5. The SMILES string of the molecule is CCCCC[C@@H](CC[C@@H]1[C@H]2Cc3cccc(O)c3C[C@H]2C[C@H]1O[Si](C)(C)C(C)(C)C)OCCO. The number of phenols is 1. The minimum atomic E-state index is -1.88. The highest BCUT2D eigenvalue weighted by molar-refractivity contribution is 6.74. The molecule has 194 valence electrons. The highest BCUT2D eigenvalue weighted by Crippen LogP contribution is 2.51. The van der Waals surface area contributed by atoms with Crippen molar-refractivity contribution < 1.29 is 19.4 Å². The van der Waals surface area contributed by atoms with Gasteiger partial charge in [-0.2, -0.15) is 0 Å². The van der Waals surface area contributed by atoms with E-state index in [4.69, 9.17) is 9.16 Å². The van der Waals surface area contributed by atoms with E-state index in [0.717, 1.165) is 38.5 Å². The van der Waals surface area contributed by atoms with Gasteiger partial charge in [0.25, 0.3) is 0 Å². The van der Waals surface area contributed by atoms with Crippen LogP contribution in [0.1, 0.15) is 83.8 Å². The van der Waals surface area contributed by atoms with Crippen LogP contribution in [-0.4, -0.2) is 44.0 Å². The number of rotatable bonds is 12. The van der Waals surface area contributed by atoms with Gasteiger partial charge in [-0.25, -0.2) is 0 Å². The van der Waals surface area contributed by atoms with E-state index >= 15 is 0 Å². The highest BCUT2D eigenvalue weighted by Gasteiger charge is 2.49. The number of unbranched alkanes of at least 4 members (excludes halogenated alkanes) is 2. The number of phenolic OH excluding ortho intramolecular Hbond substituents is 1. The quantitative estimate of drug-likeness (QED) is 0.248. The Hall–Kier alpha value is -0.883. The fourth-order valence-electron chi connectivity index (χ4n) is 6.01. The Morgan fingerprint density at radius 3 is 2.56 bits per heavy atom. The summed E-state index contributed by atoms with van der Waals surface area (Å²) in [6, 6.07) is 6.05. The van der Waals surface area contributed by atoms with Crippen molar-refractivity contribution >= 4 is 8.32 Å². The molecule has 2 aliphatic rings. The van der Waals surface area contributed by atoms with Crippen molar-refractivity contribution in [2.24, 2.45) is 17.8 Å². The van der Waals surface area contributed by atoms with E-state index in [2.05, 4.69) is 46.9 Å². The number of aliphatic hydroxyl groups excluding tert-OH is 1. The Kier molecular flexibility index (Phi) is 9.70. The van der Waals surface area contributed by atoms with Crippen LogP contribution in [0.3, 0.4) is 0 Å². The third-order valence-corrected chi connectivity index (χ3v) is 13.5. The van der Waals surface area contributed by atoms with Gasteiger partial charge in [-0.15, -0.1) is 0 Å². The molecule has 1 aromatic rings. The molecule has 0 aliphatic heterocycles. The molecule has 5 heteroatoms. The molecule has 0 heterocycles. The van der Waals surface area contributed by atoms with Crippen molar-refractivity contribution in [2.45, 2.75) is 116 Å². The molecule has 2 aliphatic carbocycles. The fraction of sp³-hybridized carbons (Fsp3) is 0.793. The second kappa shape index (κ2) is 11.9. The molecule has 0 radical (unpaired) electrons. The molecule has 1 fully saturated rings. The standard InChI is InChI=1S/C29H50O4Si/c1-7-8-9-12-23(32-17-16-30)14-15-24-25-18-21-11-10-13-27(31)26(21)19-22(25)20-28(24)33-34(5,6)29(2,3)4/h10-11,13,22-25,28,30-31H,7-9,12,14-20H2,1-6H3/t22-,23-,24+,25-,28+/m0/s1. The van der Waals surface area contributed by atoms with Gasteiger partial charge in [0.2, 0.25) is 0 Å². The molecule has 4 nitrogen and oxygen atoms in total. The van der Waals surface area contributed by atoms with Crippen LogP contribution in [0.5, 0.6) is 5.75 Å². The van der Waals surface area contributed by atoms with Gasteiger partial charge in [0.05, 0.1) is 19.3 Å². The zero-order valence-corrected chi connectivity index (χ0v) is 23.6. The predicted molar refractivity (Wildman–Crippen MR) is 143 cm³/mol. The summed E-state index contributed by atoms with van der Waals surface area (Å²) in [4.78, 5) is 0. The van der Waals surface area contributed by atoms with Gasteiger partial charge in [0.1, 0.15) is 5.75 Å². The van der Waals surface area contributed by atoms with E-state index in [1.54, 1.807) is 0 Å². The molecule has 0 amide bonds. The van der Waals surface area contributed by atoms with Gasteiger partial charge in [-0.1, -0.05) is 59.1 Å². The van der Waals surface area contributed by atoms with Crippen molar-refractivity contribution in [1.82, 2.24) is 0 Å². The Morgan fingerprint density at radius 2 is 1.88 bits per heavy atom. The summed E-state index contributed by atoms with van der Waals surface area (Å²) in [6.45, 7) is 14.5. The number of hydrogen-bond donors (Lipinski definition) is 2. The minimum Gasteiger partial charge on any atom is -0.508 e. The number of hydrogen-bond acceptors (Lipinski definition) is 4. The summed E-state index contributed by atoms with van der Waals surface area (Å²) >= 11 is 0. The Morgan fingerprint density at radius 1 is 1.12 bits per heavy atom.